The summed E-state index contributed by atoms with van der Waals surface area (Å²) in [6.45, 7) is 6.99. The molecule has 3 nitrogen and oxygen atoms in total. The van der Waals surface area contributed by atoms with Crippen molar-refractivity contribution < 1.29 is 4.79 Å². The molecule has 0 aliphatic carbocycles. The summed E-state index contributed by atoms with van der Waals surface area (Å²) in [7, 11) is 4.09. The lowest BCUT2D eigenvalue weighted by Crippen LogP contribution is -2.38. The van der Waals surface area contributed by atoms with Gasteiger partial charge < -0.3 is 9.80 Å². The molecular formula is C13H27BrN2O. The van der Waals surface area contributed by atoms with Gasteiger partial charge in [-0.1, -0.05) is 29.8 Å². The lowest BCUT2D eigenvalue weighted by Gasteiger charge is -2.26. The Kier molecular flexibility index (Phi) is 9.84. The fourth-order valence-corrected chi connectivity index (χ4v) is 2.00. The molecule has 0 heterocycles. The Hall–Kier alpha value is -0.0900. The molecule has 0 rings (SSSR count). The van der Waals surface area contributed by atoms with Crippen LogP contribution in [0.2, 0.25) is 0 Å². The van der Waals surface area contributed by atoms with E-state index in [9.17, 15) is 4.79 Å². The molecule has 0 aromatic heterocycles. The van der Waals surface area contributed by atoms with E-state index in [4.69, 9.17) is 0 Å². The van der Waals surface area contributed by atoms with Gasteiger partial charge in [-0.05, 0) is 32.9 Å². The van der Waals surface area contributed by atoms with Crippen molar-refractivity contribution in [2.75, 3.05) is 39.1 Å². The van der Waals surface area contributed by atoms with Crippen LogP contribution in [0.15, 0.2) is 0 Å². The van der Waals surface area contributed by atoms with E-state index in [0.717, 1.165) is 37.8 Å². The topological polar surface area (TPSA) is 23.6 Å². The summed E-state index contributed by atoms with van der Waals surface area (Å²) < 4.78 is 0. The highest BCUT2D eigenvalue weighted by Crippen LogP contribution is 2.06. The lowest BCUT2D eigenvalue weighted by atomic mass is 10.1. The third-order valence-corrected chi connectivity index (χ3v) is 3.09. The summed E-state index contributed by atoms with van der Waals surface area (Å²) >= 11 is 3.40. The van der Waals surface area contributed by atoms with Gasteiger partial charge in [-0.3, -0.25) is 4.79 Å². The van der Waals surface area contributed by atoms with E-state index >= 15 is 0 Å². The molecule has 0 aliphatic heterocycles. The van der Waals surface area contributed by atoms with E-state index in [1.165, 1.54) is 0 Å². The van der Waals surface area contributed by atoms with Gasteiger partial charge in [0.1, 0.15) is 0 Å². The summed E-state index contributed by atoms with van der Waals surface area (Å²) in [5, 5.41) is 0.988. The molecule has 0 aliphatic rings. The number of likely N-dealkylation sites (N-methyl/N-ethyl adjacent to an activating group) is 1. The Balaban J connectivity index is 4.10. The van der Waals surface area contributed by atoms with Crippen molar-refractivity contribution >= 4 is 21.8 Å². The van der Waals surface area contributed by atoms with Crippen LogP contribution in [0.5, 0.6) is 0 Å². The van der Waals surface area contributed by atoms with Gasteiger partial charge in [-0.2, -0.15) is 0 Å². The van der Waals surface area contributed by atoms with Crippen molar-refractivity contribution in [2.24, 2.45) is 5.92 Å². The zero-order chi connectivity index (χ0) is 13.3. The maximum Gasteiger partial charge on any atom is 0.222 e. The molecule has 0 N–H and O–H groups in total. The van der Waals surface area contributed by atoms with E-state index < -0.39 is 0 Å². The molecule has 0 spiro atoms. The SMILES string of the molecule is CC(C)CN(CCN(C)C)C(=O)CCCCBr. The van der Waals surface area contributed by atoms with Crippen LogP contribution in [0.3, 0.4) is 0 Å². The molecular weight excluding hydrogens is 280 g/mol. The molecule has 0 aromatic rings. The zero-order valence-corrected chi connectivity index (χ0v) is 13.3. The van der Waals surface area contributed by atoms with E-state index in [2.05, 4.69) is 34.7 Å². The second-order valence-corrected chi connectivity index (χ2v) is 5.98. The largest absolute Gasteiger partial charge is 0.341 e. The molecule has 0 bridgehead atoms. The molecule has 0 fully saturated rings. The Labute approximate surface area is 115 Å². The zero-order valence-electron chi connectivity index (χ0n) is 11.7. The van der Waals surface area contributed by atoms with Crippen molar-refractivity contribution in [2.45, 2.75) is 33.1 Å². The summed E-state index contributed by atoms with van der Waals surface area (Å²) in [4.78, 5) is 16.2. The van der Waals surface area contributed by atoms with Gasteiger partial charge in [0.25, 0.3) is 0 Å². The molecule has 0 saturated carbocycles. The van der Waals surface area contributed by atoms with E-state index in [-0.39, 0.29) is 0 Å². The van der Waals surface area contributed by atoms with Gasteiger partial charge in [0.05, 0.1) is 0 Å². The highest BCUT2D eigenvalue weighted by Gasteiger charge is 2.14. The van der Waals surface area contributed by atoms with Crippen molar-refractivity contribution in [1.29, 1.82) is 0 Å². The summed E-state index contributed by atoms with van der Waals surface area (Å²) in [5.74, 6) is 0.846. The van der Waals surface area contributed by atoms with Crippen molar-refractivity contribution in [3.63, 3.8) is 0 Å². The number of carbonyl (C=O) groups is 1. The highest BCUT2D eigenvalue weighted by atomic mass is 79.9. The number of alkyl halides is 1. The lowest BCUT2D eigenvalue weighted by molar-refractivity contribution is -0.132. The second-order valence-electron chi connectivity index (χ2n) is 5.18. The fraction of sp³-hybridized carbons (Fsp3) is 0.923. The van der Waals surface area contributed by atoms with Gasteiger partial charge in [-0.25, -0.2) is 0 Å². The van der Waals surface area contributed by atoms with Crippen LogP contribution in [0, 0.1) is 5.92 Å². The van der Waals surface area contributed by atoms with Gasteiger partial charge in [0.15, 0.2) is 0 Å². The first-order valence-corrected chi connectivity index (χ1v) is 7.58. The van der Waals surface area contributed by atoms with Crippen molar-refractivity contribution in [3.8, 4) is 0 Å². The Morgan fingerprint density at radius 1 is 1.18 bits per heavy atom. The summed E-state index contributed by atoms with van der Waals surface area (Å²) in [6.07, 6.45) is 2.75. The van der Waals surface area contributed by atoms with E-state index in [0.29, 0.717) is 18.2 Å². The number of halogens is 1. The first-order chi connectivity index (χ1) is 7.97. The number of unbranched alkanes of at least 4 members (excludes halogenated alkanes) is 1. The van der Waals surface area contributed by atoms with Crippen LogP contribution in [0.1, 0.15) is 33.1 Å². The minimum atomic E-state index is 0.307. The molecule has 0 saturated heterocycles. The third-order valence-electron chi connectivity index (χ3n) is 2.53. The standard InChI is InChI=1S/C13H27BrN2O/c1-12(2)11-16(10-9-15(3)4)13(17)7-5-6-8-14/h12H,5-11H2,1-4H3. The molecule has 17 heavy (non-hydrogen) atoms. The van der Waals surface area contributed by atoms with E-state index in [1.807, 2.05) is 19.0 Å². The molecule has 4 heteroatoms. The van der Waals surface area contributed by atoms with Crippen LogP contribution in [0.4, 0.5) is 0 Å². The maximum absolute atomic E-state index is 12.1. The van der Waals surface area contributed by atoms with Crippen molar-refractivity contribution in [1.82, 2.24) is 9.80 Å². The molecule has 102 valence electrons. The van der Waals surface area contributed by atoms with Crippen molar-refractivity contribution in [3.05, 3.63) is 0 Å². The van der Waals surface area contributed by atoms with E-state index in [1.54, 1.807) is 0 Å². The first-order valence-electron chi connectivity index (χ1n) is 6.45. The van der Waals surface area contributed by atoms with Gasteiger partial charge in [0.2, 0.25) is 5.91 Å². The predicted molar refractivity (Wildman–Crippen MR) is 77.6 cm³/mol. The van der Waals surface area contributed by atoms with Gasteiger partial charge in [-0.15, -0.1) is 0 Å². The molecule has 0 aromatic carbocycles. The Bertz CT molecular complexity index is 208. The summed E-state index contributed by atoms with van der Waals surface area (Å²) in [6, 6.07) is 0. The number of hydrogen-bond acceptors (Lipinski definition) is 2. The van der Waals surface area contributed by atoms with Crippen LogP contribution >= 0.6 is 15.9 Å². The maximum atomic E-state index is 12.1. The minimum absolute atomic E-state index is 0.307. The average Bonchev–Trinajstić information content (AvgIpc) is 2.23. The highest BCUT2D eigenvalue weighted by molar-refractivity contribution is 9.09. The Morgan fingerprint density at radius 2 is 1.82 bits per heavy atom. The predicted octanol–water partition coefficient (Wildman–Crippen LogP) is 2.60. The van der Waals surface area contributed by atoms with Crippen LogP contribution in [-0.2, 0) is 4.79 Å². The minimum Gasteiger partial charge on any atom is -0.341 e. The molecule has 0 atom stereocenters. The number of rotatable bonds is 9. The second kappa shape index (κ2) is 9.89. The monoisotopic (exact) mass is 306 g/mol. The Morgan fingerprint density at radius 3 is 2.29 bits per heavy atom. The molecule has 0 radical (unpaired) electrons. The van der Waals surface area contributed by atoms with Crippen LogP contribution < -0.4 is 0 Å². The number of carbonyl (C=O) groups excluding carboxylic acids is 1. The normalized spacial score (nSPS) is 11.2. The van der Waals surface area contributed by atoms with Crippen LogP contribution in [-0.4, -0.2) is 54.8 Å². The fourth-order valence-electron chi connectivity index (χ4n) is 1.61. The third kappa shape index (κ3) is 9.60. The van der Waals surface area contributed by atoms with Crippen LogP contribution in [0.25, 0.3) is 0 Å². The van der Waals surface area contributed by atoms with Gasteiger partial charge in [0, 0.05) is 31.4 Å². The quantitative estimate of drug-likeness (QED) is 0.483. The smallest absolute Gasteiger partial charge is 0.222 e. The number of hydrogen-bond donors (Lipinski definition) is 0. The summed E-state index contributed by atoms with van der Waals surface area (Å²) in [5.41, 5.74) is 0. The van der Waals surface area contributed by atoms with Gasteiger partial charge >= 0.3 is 0 Å². The molecule has 1 amide bonds. The molecule has 0 unspecified atom stereocenters. The number of nitrogens with zero attached hydrogens (tertiary/aromatic N) is 2. The average molecular weight is 307 g/mol. The first kappa shape index (κ1) is 16.9. The number of amides is 1.